The highest BCUT2D eigenvalue weighted by molar-refractivity contribution is 5.99. The summed E-state index contributed by atoms with van der Waals surface area (Å²) in [7, 11) is 1.70. The van der Waals surface area contributed by atoms with E-state index in [9.17, 15) is 4.79 Å². The van der Waals surface area contributed by atoms with Crippen LogP contribution in [0.15, 0.2) is 12.3 Å². The number of rotatable bonds is 6. The number of carbonyl (C=O) groups is 1. The Hall–Kier alpha value is -2.09. The van der Waals surface area contributed by atoms with Crippen LogP contribution in [0.25, 0.3) is 0 Å². The van der Waals surface area contributed by atoms with E-state index in [0.29, 0.717) is 18.5 Å². The fraction of sp³-hybridized carbons (Fsp3) is 0.500. The smallest absolute Gasteiger partial charge is 0.257 e. The topological polar surface area (TPSA) is 69.0 Å². The van der Waals surface area contributed by atoms with Crippen molar-refractivity contribution < 1.29 is 4.79 Å². The lowest BCUT2D eigenvalue weighted by Gasteiger charge is -2.18. The Balaban J connectivity index is 2.91. The Morgan fingerprint density at radius 3 is 2.95 bits per heavy atom. The number of aromatic nitrogens is 1. The molecule has 1 aromatic rings. The molecule has 0 aliphatic carbocycles. The molecule has 1 aromatic heterocycles. The quantitative estimate of drug-likeness (QED) is 0.851. The van der Waals surface area contributed by atoms with E-state index in [0.717, 1.165) is 24.3 Å². The molecule has 0 saturated carbocycles. The highest BCUT2D eigenvalue weighted by atomic mass is 16.2. The Labute approximate surface area is 114 Å². The van der Waals surface area contributed by atoms with E-state index in [4.69, 9.17) is 5.26 Å². The zero-order valence-corrected chi connectivity index (χ0v) is 11.7. The summed E-state index contributed by atoms with van der Waals surface area (Å²) in [6.07, 6.45) is 2.91. The van der Waals surface area contributed by atoms with Gasteiger partial charge in [-0.1, -0.05) is 6.92 Å². The van der Waals surface area contributed by atoms with Crippen LogP contribution in [0.5, 0.6) is 0 Å². The first kappa shape index (κ1) is 15.0. The predicted molar refractivity (Wildman–Crippen MR) is 74.9 cm³/mol. The molecule has 0 fully saturated rings. The van der Waals surface area contributed by atoms with Crippen LogP contribution < -0.4 is 5.32 Å². The van der Waals surface area contributed by atoms with Gasteiger partial charge in [0.2, 0.25) is 0 Å². The summed E-state index contributed by atoms with van der Waals surface area (Å²) < 4.78 is 0. The lowest BCUT2D eigenvalue weighted by Crippen LogP contribution is -2.28. The van der Waals surface area contributed by atoms with Crippen LogP contribution in [0.2, 0.25) is 0 Å². The maximum Gasteiger partial charge on any atom is 0.257 e. The van der Waals surface area contributed by atoms with Crippen molar-refractivity contribution in [1.29, 1.82) is 5.26 Å². The molecule has 0 aliphatic heterocycles. The first-order valence-corrected chi connectivity index (χ1v) is 6.43. The average Bonchev–Trinajstić information content (AvgIpc) is 2.41. The lowest BCUT2D eigenvalue weighted by molar-refractivity contribution is 0.0798. The van der Waals surface area contributed by atoms with Gasteiger partial charge in [-0.25, -0.2) is 0 Å². The normalized spacial score (nSPS) is 9.79. The number of pyridine rings is 1. The van der Waals surface area contributed by atoms with Crippen molar-refractivity contribution in [1.82, 2.24) is 9.88 Å². The van der Waals surface area contributed by atoms with Gasteiger partial charge in [0.1, 0.15) is 0 Å². The summed E-state index contributed by atoms with van der Waals surface area (Å²) >= 11 is 0. The second-order valence-corrected chi connectivity index (χ2v) is 4.43. The van der Waals surface area contributed by atoms with Gasteiger partial charge < -0.3 is 10.2 Å². The minimum absolute atomic E-state index is 0.110. The number of hydrogen-bond acceptors (Lipinski definition) is 4. The Kier molecular flexibility index (Phi) is 5.80. The number of hydrogen-bond donors (Lipinski definition) is 1. The molecular weight excluding hydrogens is 240 g/mol. The van der Waals surface area contributed by atoms with Gasteiger partial charge in [0.05, 0.1) is 23.7 Å². The molecule has 19 heavy (non-hydrogen) atoms. The van der Waals surface area contributed by atoms with Gasteiger partial charge in [-0.15, -0.1) is 0 Å². The minimum atomic E-state index is -0.110. The summed E-state index contributed by atoms with van der Waals surface area (Å²) in [5, 5.41) is 11.8. The summed E-state index contributed by atoms with van der Waals surface area (Å²) in [4.78, 5) is 18.0. The van der Waals surface area contributed by atoms with Crippen molar-refractivity contribution in [2.45, 2.75) is 26.7 Å². The van der Waals surface area contributed by atoms with Crippen LogP contribution in [-0.4, -0.2) is 35.9 Å². The van der Waals surface area contributed by atoms with E-state index < -0.39 is 0 Å². The minimum Gasteiger partial charge on any atom is -0.384 e. The molecule has 5 nitrogen and oxygen atoms in total. The Morgan fingerprint density at radius 2 is 2.32 bits per heavy atom. The van der Waals surface area contributed by atoms with E-state index in [2.05, 4.69) is 17.2 Å². The fourth-order valence-electron chi connectivity index (χ4n) is 1.66. The Bertz CT molecular complexity index is 479. The third-order valence-electron chi connectivity index (χ3n) is 2.74. The molecule has 0 unspecified atom stereocenters. The summed E-state index contributed by atoms with van der Waals surface area (Å²) in [6.45, 7) is 5.20. The van der Waals surface area contributed by atoms with Crippen molar-refractivity contribution >= 4 is 11.6 Å². The molecule has 0 saturated heterocycles. The van der Waals surface area contributed by atoms with E-state index in [1.165, 1.54) is 0 Å². The fourth-order valence-corrected chi connectivity index (χ4v) is 1.66. The third kappa shape index (κ3) is 4.25. The van der Waals surface area contributed by atoms with E-state index in [1.54, 1.807) is 18.1 Å². The SMILES string of the molecule is CCCNc1cc(C)ncc1C(=O)N(C)CCC#N. The van der Waals surface area contributed by atoms with Gasteiger partial charge in [0.25, 0.3) is 5.91 Å². The molecule has 1 amide bonds. The largest absolute Gasteiger partial charge is 0.384 e. The van der Waals surface area contributed by atoms with Crippen molar-refractivity contribution in [2.24, 2.45) is 0 Å². The van der Waals surface area contributed by atoms with E-state index in [1.807, 2.05) is 19.1 Å². The van der Waals surface area contributed by atoms with E-state index in [-0.39, 0.29) is 5.91 Å². The average molecular weight is 260 g/mol. The van der Waals surface area contributed by atoms with Gasteiger partial charge in [-0.2, -0.15) is 5.26 Å². The highest BCUT2D eigenvalue weighted by Gasteiger charge is 2.16. The molecule has 0 atom stereocenters. The number of amides is 1. The molecule has 0 aromatic carbocycles. The van der Waals surface area contributed by atoms with Crippen molar-refractivity contribution in [2.75, 3.05) is 25.5 Å². The van der Waals surface area contributed by atoms with Crippen LogP contribution in [0.3, 0.4) is 0 Å². The summed E-state index contributed by atoms with van der Waals surface area (Å²) in [6, 6.07) is 3.91. The zero-order chi connectivity index (χ0) is 14.3. The Morgan fingerprint density at radius 1 is 1.58 bits per heavy atom. The number of nitriles is 1. The number of aryl methyl sites for hydroxylation is 1. The van der Waals surface area contributed by atoms with E-state index >= 15 is 0 Å². The molecule has 1 heterocycles. The number of carbonyl (C=O) groups excluding carboxylic acids is 1. The van der Waals surface area contributed by atoms with Crippen LogP contribution >= 0.6 is 0 Å². The molecule has 102 valence electrons. The van der Waals surface area contributed by atoms with Crippen LogP contribution in [0.4, 0.5) is 5.69 Å². The molecule has 1 rings (SSSR count). The van der Waals surface area contributed by atoms with Crippen molar-refractivity contribution in [3.63, 3.8) is 0 Å². The molecule has 0 bridgehead atoms. The maximum atomic E-state index is 12.3. The molecule has 0 spiro atoms. The van der Waals surface area contributed by atoms with Gasteiger partial charge >= 0.3 is 0 Å². The number of nitrogens with zero attached hydrogens (tertiary/aromatic N) is 3. The summed E-state index contributed by atoms with van der Waals surface area (Å²) in [5.74, 6) is -0.110. The van der Waals surface area contributed by atoms with Crippen molar-refractivity contribution in [3.8, 4) is 6.07 Å². The van der Waals surface area contributed by atoms with Gasteiger partial charge in [0.15, 0.2) is 0 Å². The molecule has 1 N–H and O–H groups in total. The van der Waals surface area contributed by atoms with Crippen LogP contribution in [-0.2, 0) is 0 Å². The van der Waals surface area contributed by atoms with Gasteiger partial charge in [0, 0.05) is 32.0 Å². The summed E-state index contributed by atoms with van der Waals surface area (Å²) in [5.41, 5.74) is 2.23. The number of nitrogens with one attached hydrogen (secondary N) is 1. The highest BCUT2D eigenvalue weighted by Crippen LogP contribution is 2.17. The molecular formula is C14H20N4O. The van der Waals surface area contributed by atoms with Gasteiger partial charge in [-0.3, -0.25) is 9.78 Å². The van der Waals surface area contributed by atoms with Crippen molar-refractivity contribution in [3.05, 3.63) is 23.5 Å². The molecule has 5 heteroatoms. The first-order chi connectivity index (χ1) is 9.10. The second-order valence-electron chi connectivity index (χ2n) is 4.43. The van der Waals surface area contributed by atoms with Crippen LogP contribution in [0.1, 0.15) is 35.8 Å². The lowest BCUT2D eigenvalue weighted by atomic mass is 10.1. The van der Waals surface area contributed by atoms with Crippen LogP contribution in [0, 0.1) is 18.3 Å². The third-order valence-corrected chi connectivity index (χ3v) is 2.74. The molecule has 0 aliphatic rings. The zero-order valence-electron chi connectivity index (χ0n) is 11.7. The standard InChI is InChI=1S/C14H20N4O/c1-4-7-16-13-9-11(2)17-10-12(13)14(19)18(3)8-5-6-15/h9-10H,4-5,7-8H2,1-3H3,(H,16,17). The molecule has 0 radical (unpaired) electrons. The maximum absolute atomic E-state index is 12.3. The predicted octanol–water partition coefficient (Wildman–Crippen LogP) is 2.20. The monoisotopic (exact) mass is 260 g/mol. The first-order valence-electron chi connectivity index (χ1n) is 6.43. The number of anilines is 1. The second kappa shape index (κ2) is 7.37. The van der Waals surface area contributed by atoms with Gasteiger partial charge in [-0.05, 0) is 19.4 Å².